The number of hydrogen-bond acceptors (Lipinski definition) is 2. The molecule has 1 aromatic heterocycles. The Kier molecular flexibility index (Phi) is 3.34. The van der Waals surface area contributed by atoms with Crippen molar-refractivity contribution in [2.24, 2.45) is 0 Å². The molecule has 18 heavy (non-hydrogen) atoms. The number of benzene rings is 1. The van der Waals surface area contributed by atoms with E-state index in [2.05, 4.69) is 27.1 Å². The number of halogens is 2. The van der Waals surface area contributed by atoms with E-state index in [9.17, 15) is 0 Å². The molecule has 3 rings (SSSR count). The Morgan fingerprint density at radius 2 is 2.33 bits per heavy atom. The highest BCUT2D eigenvalue weighted by Crippen LogP contribution is 2.35. The van der Waals surface area contributed by atoms with Crippen molar-refractivity contribution in [3.63, 3.8) is 0 Å². The Labute approximate surface area is 119 Å². The van der Waals surface area contributed by atoms with Crippen LogP contribution in [-0.2, 0) is 4.74 Å². The summed E-state index contributed by atoms with van der Waals surface area (Å²) in [4.78, 5) is 0. The largest absolute Gasteiger partial charge is 0.356 e. The van der Waals surface area contributed by atoms with Gasteiger partial charge in [-0.05, 0) is 53.7 Å². The van der Waals surface area contributed by atoms with E-state index in [1.807, 2.05) is 17.8 Å². The van der Waals surface area contributed by atoms with Gasteiger partial charge >= 0.3 is 0 Å². The number of aryl methyl sites for hydroxylation is 1. The van der Waals surface area contributed by atoms with Crippen LogP contribution in [0, 0.1) is 6.92 Å². The summed E-state index contributed by atoms with van der Waals surface area (Å²) in [5.74, 6) is 0. The van der Waals surface area contributed by atoms with Crippen molar-refractivity contribution >= 4 is 38.4 Å². The van der Waals surface area contributed by atoms with Crippen molar-refractivity contribution < 1.29 is 4.74 Å². The zero-order chi connectivity index (χ0) is 12.7. The van der Waals surface area contributed by atoms with Crippen molar-refractivity contribution in [3.05, 3.63) is 27.3 Å². The van der Waals surface area contributed by atoms with Crippen LogP contribution in [0.25, 0.3) is 10.9 Å². The maximum atomic E-state index is 6.34. The second kappa shape index (κ2) is 4.83. The van der Waals surface area contributed by atoms with E-state index >= 15 is 0 Å². The summed E-state index contributed by atoms with van der Waals surface area (Å²) < 4.78 is 8.69. The molecule has 2 heterocycles. The molecule has 1 aliphatic rings. The third-order valence-electron chi connectivity index (χ3n) is 3.39. The first-order valence-corrected chi connectivity index (χ1v) is 7.29. The monoisotopic (exact) mass is 328 g/mol. The first kappa shape index (κ1) is 12.5. The molecule has 1 aromatic carbocycles. The molecule has 0 spiro atoms. The van der Waals surface area contributed by atoms with Crippen molar-refractivity contribution in [2.45, 2.75) is 32.4 Å². The van der Waals surface area contributed by atoms with Crippen molar-refractivity contribution in [1.29, 1.82) is 0 Å². The van der Waals surface area contributed by atoms with Gasteiger partial charge in [-0.3, -0.25) is 0 Å². The molecule has 1 fully saturated rings. The van der Waals surface area contributed by atoms with Gasteiger partial charge in [0.2, 0.25) is 0 Å². The summed E-state index contributed by atoms with van der Waals surface area (Å²) in [5.41, 5.74) is 2.16. The lowest BCUT2D eigenvalue weighted by Crippen LogP contribution is -2.18. The third kappa shape index (κ3) is 1.96. The van der Waals surface area contributed by atoms with Crippen LogP contribution in [0.2, 0.25) is 5.02 Å². The molecule has 0 amide bonds. The smallest absolute Gasteiger partial charge is 0.150 e. The summed E-state index contributed by atoms with van der Waals surface area (Å²) in [6.45, 7) is 2.85. The number of aromatic nitrogens is 2. The summed E-state index contributed by atoms with van der Waals surface area (Å²) in [6.07, 6.45) is 5.22. The quantitative estimate of drug-likeness (QED) is 0.772. The molecule has 3 nitrogen and oxygen atoms in total. The van der Waals surface area contributed by atoms with Crippen LogP contribution in [0.1, 0.15) is 31.1 Å². The molecule has 96 valence electrons. The van der Waals surface area contributed by atoms with Crippen LogP contribution >= 0.6 is 27.5 Å². The van der Waals surface area contributed by atoms with E-state index in [1.54, 1.807) is 0 Å². The van der Waals surface area contributed by atoms with Crippen LogP contribution in [-0.4, -0.2) is 16.4 Å². The lowest BCUT2D eigenvalue weighted by molar-refractivity contribution is -0.0366. The zero-order valence-corrected chi connectivity index (χ0v) is 12.5. The summed E-state index contributed by atoms with van der Waals surface area (Å²) in [5, 5.41) is 6.15. The molecule has 1 saturated heterocycles. The molecule has 0 bridgehead atoms. The van der Waals surface area contributed by atoms with Gasteiger partial charge in [0.15, 0.2) is 6.23 Å². The second-order valence-corrected chi connectivity index (χ2v) is 5.84. The van der Waals surface area contributed by atoms with E-state index in [1.165, 1.54) is 6.42 Å². The van der Waals surface area contributed by atoms with Crippen LogP contribution in [0.15, 0.2) is 16.7 Å². The molecule has 2 aromatic rings. The van der Waals surface area contributed by atoms with Crippen LogP contribution in [0.5, 0.6) is 0 Å². The minimum Gasteiger partial charge on any atom is -0.356 e. The van der Waals surface area contributed by atoms with Crippen LogP contribution in [0.3, 0.4) is 0 Å². The van der Waals surface area contributed by atoms with Gasteiger partial charge in [-0.1, -0.05) is 11.6 Å². The average molecular weight is 330 g/mol. The van der Waals surface area contributed by atoms with Gasteiger partial charge in [0.05, 0.1) is 16.7 Å². The Bertz CT molecular complexity index is 590. The number of hydrogen-bond donors (Lipinski definition) is 0. The van der Waals surface area contributed by atoms with E-state index < -0.39 is 0 Å². The molecule has 5 heteroatoms. The van der Waals surface area contributed by atoms with Gasteiger partial charge in [0, 0.05) is 16.5 Å². The van der Waals surface area contributed by atoms with Crippen molar-refractivity contribution in [1.82, 2.24) is 9.78 Å². The second-order valence-electron chi connectivity index (χ2n) is 4.66. The molecule has 1 aliphatic heterocycles. The Morgan fingerprint density at radius 1 is 1.50 bits per heavy atom. The van der Waals surface area contributed by atoms with Crippen LogP contribution < -0.4 is 0 Å². The SMILES string of the molecule is Cc1cc2c(cnn2C2CCCCO2)c(Cl)c1Br. The summed E-state index contributed by atoms with van der Waals surface area (Å²) in [6, 6.07) is 2.11. The minimum absolute atomic E-state index is 0.0490. The molecule has 0 radical (unpaired) electrons. The standard InChI is InChI=1S/C13H14BrClN2O/c1-8-6-10-9(13(15)12(8)14)7-16-17(10)11-4-2-3-5-18-11/h6-7,11H,2-5H2,1H3. The third-order valence-corrected chi connectivity index (χ3v) is 5.03. The van der Waals surface area contributed by atoms with E-state index in [0.29, 0.717) is 0 Å². The van der Waals surface area contributed by atoms with E-state index in [-0.39, 0.29) is 6.23 Å². The predicted molar refractivity (Wildman–Crippen MR) is 76.0 cm³/mol. The fourth-order valence-corrected chi connectivity index (χ4v) is 3.01. The maximum Gasteiger partial charge on any atom is 0.150 e. The number of ether oxygens (including phenoxy) is 1. The average Bonchev–Trinajstić information content (AvgIpc) is 2.81. The fraction of sp³-hybridized carbons (Fsp3) is 0.462. The highest BCUT2D eigenvalue weighted by molar-refractivity contribution is 9.10. The number of rotatable bonds is 1. The zero-order valence-electron chi connectivity index (χ0n) is 10.1. The normalized spacial score (nSPS) is 20.5. The first-order valence-electron chi connectivity index (χ1n) is 6.12. The maximum absolute atomic E-state index is 6.34. The van der Waals surface area contributed by atoms with Crippen LogP contribution in [0.4, 0.5) is 0 Å². The number of fused-ring (bicyclic) bond motifs is 1. The van der Waals surface area contributed by atoms with Gasteiger partial charge in [-0.15, -0.1) is 0 Å². The topological polar surface area (TPSA) is 27.1 Å². The van der Waals surface area contributed by atoms with Gasteiger partial charge in [-0.25, -0.2) is 4.68 Å². The van der Waals surface area contributed by atoms with E-state index in [4.69, 9.17) is 16.3 Å². The molecule has 1 atom stereocenters. The Morgan fingerprint density at radius 3 is 3.06 bits per heavy atom. The molecular formula is C13H14BrClN2O. The molecule has 1 unspecified atom stereocenters. The lowest BCUT2D eigenvalue weighted by atomic mass is 10.1. The molecular weight excluding hydrogens is 316 g/mol. The summed E-state index contributed by atoms with van der Waals surface area (Å²) in [7, 11) is 0. The highest BCUT2D eigenvalue weighted by atomic mass is 79.9. The summed E-state index contributed by atoms with van der Waals surface area (Å²) >= 11 is 9.85. The van der Waals surface area contributed by atoms with Crippen molar-refractivity contribution in [3.8, 4) is 0 Å². The van der Waals surface area contributed by atoms with E-state index in [0.717, 1.165) is 45.4 Å². The van der Waals surface area contributed by atoms with Gasteiger partial charge in [0.25, 0.3) is 0 Å². The van der Waals surface area contributed by atoms with Crippen molar-refractivity contribution in [2.75, 3.05) is 6.61 Å². The Hall–Kier alpha value is -0.580. The molecule has 0 N–H and O–H groups in total. The lowest BCUT2D eigenvalue weighted by Gasteiger charge is -2.23. The first-order chi connectivity index (χ1) is 8.68. The van der Waals surface area contributed by atoms with Gasteiger partial charge < -0.3 is 4.74 Å². The van der Waals surface area contributed by atoms with Gasteiger partial charge in [0.1, 0.15) is 0 Å². The minimum atomic E-state index is 0.0490. The predicted octanol–water partition coefficient (Wildman–Crippen LogP) is 4.46. The fourth-order valence-electron chi connectivity index (χ4n) is 2.39. The highest BCUT2D eigenvalue weighted by Gasteiger charge is 2.20. The molecule has 0 aliphatic carbocycles. The Balaban J connectivity index is 2.13. The number of nitrogens with zero attached hydrogens (tertiary/aromatic N) is 2. The molecule has 0 saturated carbocycles. The van der Waals surface area contributed by atoms with Gasteiger partial charge in [-0.2, -0.15) is 5.10 Å².